The van der Waals surface area contributed by atoms with Crippen LogP contribution in [0.3, 0.4) is 0 Å². The highest BCUT2D eigenvalue weighted by molar-refractivity contribution is 5.91. The number of aryl methyl sites for hydroxylation is 2. The van der Waals surface area contributed by atoms with Gasteiger partial charge in [0.2, 0.25) is 5.91 Å². The van der Waals surface area contributed by atoms with Crippen molar-refractivity contribution in [2.75, 3.05) is 5.32 Å². The summed E-state index contributed by atoms with van der Waals surface area (Å²) in [4.78, 5) is 16.7. The van der Waals surface area contributed by atoms with Crippen LogP contribution in [0.25, 0.3) is 11.0 Å². The number of hydrogen-bond acceptors (Lipinski definition) is 4. The van der Waals surface area contributed by atoms with Crippen molar-refractivity contribution in [3.8, 4) is 0 Å². The lowest BCUT2D eigenvalue weighted by molar-refractivity contribution is -0.136. The molecular weight excluding hydrogens is 361 g/mol. The molecule has 0 unspecified atom stereocenters. The summed E-state index contributed by atoms with van der Waals surface area (Å²) in [6, 6.07) is 2.74. The first kappa shape index (κ1) is 17.5. The zero-order valence-electron chi connectivity index (χ0n) is 14.7. The van der Waals surface area contributed by atoms with E-state index in [0.717, 1.165) is 18.9 Å². The van der Waals surface area contributed by atoms with Crippen LogP contribution >= 0.6 is 0 Å². The number of carbonyl (C=O) groups excluding carboxylic acids is 1. The molecule has 0 atom stereocenters. The van der Waals surface area contributed by atoms with Crippen molar-refractivity contribution in [2.45, 2.75) is 38.4 Å². The van der Waals surface area contributed by atoms with Gasteiger partial charge in [-0.2, -0.15) is 23.4 Å². The molecule has 1 fully saturated rings. The number of rotatable bonds is 4. The standard InChI is InChI=1S/C17H17F3N6O/c1-9-15-11(17(18,19)20)7-12(10-3-4-10)21-16(15)26(23-9)8-14(27)22-13-5-6-25(2)24-13/h5-7,10H,3-4,8H2,1-2H3,(H,22,24,27). The van der Waals surface area contributed by atoms with Gasteiger partial charge in [0, 0.05) is 30.9 Å². The van der Waals surface area contributed by atoms with Crippen LogP contribution in [0.4, 0.5) is 19.0 Å². The Morgan fingerprint density at radius 3 is 2.67 bits per heavy atom. The normalized spacial score (nSPS) is 14.7. The molecule has 0 spiro atoms. The third-order valence-electron chi connectivity index (χ3n) is 4.47. The van der Waals surface area contributed by atoms with Crippen LogP contribution in [0.2, 0.25) is 0 Å². The molecule has 1 aliphatic rings. The van der Waals surface area contributed by atoms with Crippen molar-refractivity contribution in [2.24, 2.45) is 7.05 Å². The van der Waals surface area contributed by atoms with Crippen molar-refractivity contribution in [1.82, 2.24) is 24.5 Å². The molecule has 10 heteroatoms. The van der Waals surface area contributed by atoms with Crippen LogP contribution in [0.5, 0.6) is 0 Å². The Bertz CT molecular complexity index is 1030. The lowest BCUT2D eigenvalue weighted by Gasteiger charge is -2.11. The zero-order chi connectivity index (χ0) is 19.3. The first-order valence-corrected chi connectivity index (χ1v) is 8.47. The summed E-state index contributed by atoms with van der Waals surface area (Å²) < 4.78 is 43.5. The number of fused-ring (bicyclic) bond motifs is 1. The number of pyridine rings is 1. The number of alkyl halides is 3. The Labute approximate surface area is 152 Å². The molecule has 142 valence electrons. The Morgan fingerprint density at radius 2 is 2.07 bits per heavy atom. The highest BCUT2D eigenvalue weighted by Crippen LogP contribution is 2.43. The predicted octanol–water partition coefficient (Wildman–Crippen LogP) is 3.01. The zero-order valence-corrected chi connectivity index (χ0v) is 14.7. The van der Waals surface area contributed by atoms with Crippen LogP contribution in [0.15, 0.2) is 18.3 Å². The van der Waals surface area contributed by atoms with Crippen LogP contribution in [-0.4, -0.2) is 30.5 Å². The largest absolute Gasteiger partial charge is 0.417 e. The van der Waals surface area contributed by atoms with Gasteiger partial charge in [0.1, 0.15) is 6.54 Å². The monoisotopic (exact) mass is 378 g/mol. The Hall–Kier alpha value is -2.91. The average Bonchev–Trinajstić information content (AvgIpc) is 3.28. The van der Waals surface area contributed by atoms with Gasteiger partial charge in [0.25, 0.3) is 0 Å². The molecule has 0 saturated heterocycles. The molecule has 0 bridgehead atoms. The van der Waals surface area contributed by atoms with E-state index >= 15 is 0 Å². The minimum atomic E-state index is -4.51. The van der Waals surface area contributed by atoms with E-state index < -0.39 is 17.6 Å². The number of hydrogen-bond donors (Lipinski definition) is 1. The molecule has 7 nitrogen and oxygen atoms in total. The van der Waals surface area contributed by atoms with Gasteiger partial charge in [0.15, 0.2) is 11.5 Å². The van der Waals surface area contributed by atoms with Crippen molar-refractivity contribution < 1.29 is 18.0 Å². The third-order valence-corrected chi connectivity index (χ3v) is 4.47. The molecule has 1 aliphatic carbocycles. The Morgan fingerprint density at radius 1 is 1.33 bits per heavy atom. The SMILES string of the molecule is Cc1nn(CC(=O)Nc2ccn(C)n2)c2nc(C3CC3)cc(C(F)(F)F)c12. The van der Waals surface area contributed by atoms with Gasteiger partial charge in [0.05, 0.1) is 16.6 Å². The van der Waals surface area contributed by atoms with Crippen LogP contribution in [-0.2, 0) is 24.6 Å². The minimum absolute atomic E-state index is 0.0431. The predicted molar refractivity (Wildman–Crippen MR) is 91.1 cm³/mol. The van der Waals surface area contributed by atoms with Crippen LogP contribution < -0.4 is 5.32 Å². The lowest BCUT2D eigenvalue weighted by atomic mass is 10.1. The quantitative estimate of drug-likeness (QED) is 0.757. The van der Waals surface area contributed by atoms with Gasteiger partial charge in [-0.15, -0.1) is 0 Å². The van der Waals surface area contributed by atoms with Crippen LogP contribution in [0, 0.1) is 6.92 Å². The van der Waals surface area contributed by atoms with E-state index in [1.807, 2.05) is 0 Å². The van der Waals surface area contributed by atoms with E-state index in [1.165, 1.54) is 16.3 Å². The molecule has 0 radical (unpaired) electrons. The number of amides is 1. The average molecular weight is 378 g/mol. The fourth-order valence-corrected chi connectivity index (χ4v) is 3.10. The van der Waals surface area contributed by atoms with Gasteiger partial charge in [-0.25, -0.2) is 9.67 Å². The number of halogens is 3. The Balaban J connectivity index is 1.72. The van der Waals surface area contributed by atoms with E-state index in [-0.39, 0.29) is 29.2 Å². The molecular formula is C17H17F3N6O. The van der Waals surface area contributed by atoms with E-state index in [4.69, 9.17) is 0 Å². The van der Waals surface area contributed by atoms with Gasteiger partial charge in [-0.1, -0.05) is 0 Å². The smallest absolute Gasteiger partial charge is 0.308 e. The summed E-state index contributed by atoms with van der Waals surface area (Å²) in [5.41, 5.74) is -0.0670. The topological polar surface area (TPSA) is 77.6 Å². The van der Waals surface area contributed by atoms with E-state index in [0.29, 0.717) is 11.5 Å². The first-order chi connectivity index (χ1) is 12.7. The molecule has 1 amide bonds. The maximum atomic E-state index is 13.6. The minimum Gasteiger partial charge on any atom is -0.308 e. The molecule has 0 aliphatic heterocycles. The van der Waals surface area contributed by atoms with Crippen molar-refractivity contribution in [3.63, 3.8) is 0 Å². The second-order valence-electron chi connectivity index (χ2n) is 6.73. The number of anilines is 1. The molecule has 27 heavy (non-hydrogen) atoms. The summed E-state index contributed by atoms with van der Waals surface area (Å²) in [7, 11) is 1.71. The number of aromatic nitrogens is 5. The summed E-state index contributed by atoms with van der Waals surface area (Å²) in [5, 5.41) is 10.7. The fourth-order valence-electron chi connectivity index (χ4n) is 3.10. The fraction of sp³-hybridized carbons (Fsp3) is 0.412. The summed E-state index contributed by atoms with van der Waals surface area (Å²) >= 11 is 0. The maximum Gasteiger partial charge on any atom is 0.417 e. The molecule has 1 saturated carbocycles. The number of carbonyl (C=O) groups is 1. The number of nitrogens with one attached hydrogen (secondary N) is 1. The summed E-state index contributed by atoms with van der Waals surface area (Å²) in [6.07, 6.45) is -1.20. The molecule has 3 aromatic rings. The second kappa shape index (κ2) is 6.07. The van der Waals surface area contributed by atoms with E-state index in [1.54, 1.807) is 19.3 Å². The highest BCUT2D eigenvalue weighted by atomic mass is 19.4. The maximum absolute atomic E-state index is 13.6. The summed E-state index contributed by atoms with van der Waals surface area (Å²) in [5.74, 6) is -0.0370. The Kier molecular flexibility index (Phi) is 3.93. The van der Waals surface area contributed by atoms with Crippen molar-refractivity contribution >= 4 is 22.8 Å². The molecule has 3 aromatic heterocycles. The van der Waals surface area contributed by atoms with Crippen molar-refractivity contribution in [1.29, 1.82) is 0 Å². The van der Waals surface area contributed by atoms with Crippen LogP contribution in [0.1, 0.15) is 35.7 Å². The molecule has 0 aromatic carbocycles. The van der Waals surface area contributed by atoms with Gasteiger partial charge in [-0.3, -0.25) is 9.48 Å². The third kappa shape index (κ3) is 3.38. The van der Waals surface area contributed by atoms with E-state index in [2.05, 4.69) is 20.5 Å². The highest BCUT2D eigenvalue weighted by Gasteiger charge is 2.37. The molecule has 3 heterocycles. The first-order valence-electron chi connectivity index (χ1n) is 8.47. The molecule has 1 N–H and O–H groups in total. The van der Waals surface area contributed by atoms with Gasteiger partial charge < -0.3 is 5.32 Å². The van der Waals surface area contributed by atoms with Crippen molar-refractivity contribution in [3.05, 3.63) is 35.3 Å². The van der Waals surface area contributed by atoms with Gasteiger partial charge in [-0.05, 0) is 25.8 Å². The second-order valence-corrected chi connectivity index (χ2v) is 6.73. The summed E-state index contributed by atoms with van der Waals surface area (Å²) in [6.45, 7) is 1.24. The number of nitrogens with zero attached hydrogens (tertiary/aromatic N) is 5. The van der Waals surface area contributed by atoms with Gasteiger partial charge >= 0.3 is 6.18 Å². The molecule has 4 rings (SSSR count). The van der Waals surface area contributed by atoms with E-state index in [9.17, 15) is 18.0 Å². The lowest BCUT2D eigenvalue weighted by Crippen LogP contribution is -2.20.